The average Bonchev–Trinajstić information content (AvgIpc) is 3.40. The smallest absolute Gasteiger partial charge is 0.310 e. The zero-order chi connectivity index (χ0) is 17.6. The Morgan fingerprint density at radius 3 is 2.92 bits per heavy atom. The van der Waals surface area contributed by atoms with E-state index in [1.165, 1.54) is 12.3 Å². The lowest BCUT2D eigenvalue weighted by atomic mass is 9.68. The van der Waals surface area contributed by atoms with Crippen molar-refractivity contribution in [3.8, 4) is 0 Å². The predicted molar refractivity (Wildman–Crippen MR) is 91.9 cm³/mol. The first kappa shape index (κ1) is 15.5. The molecule has 6 aliphatic rings. The highest BCUT2D eigenvalue weighted by Gasteiger charge is 2.58. The molecule has 6 rings (SSSR count). The maximum atomic E-state index is 12.9. The third-order valence-electron chi connectivity index (χ3n) is 8.58. The standard InChI is InChI=1S/C22H27O4/c1-10-14-8-15(20-12-6-5-11(7-12)19(14)20)18(10)22(24)25-9-16-13-3-2-4-17(13)26-21(16)23/h5-6,11-17,19-20,24H,2-4,7-9H2,1H3/q-1/p-1/t11?,12?,13-,14?,15?,16+,17-,19?,20?/m1/s1. The highest BCUT2D eigenvalue weighted by atomic mass is 16.6. The van der Waals surface area contributed by atoms with Gasteiger partial charge in [-0.3, -0.25) is 4.79 Å². The number of hydrogen-bond donors (Lipinski definition) is 0. The Hall–Kier alpha value is -1.58. The minimum atomic E-state index is -0.246. The van der Waals surface area contributed by atoms with Crippen LogP contribution in [0.2, 0.25) is 0 Å². The fraction of sp³-hybridized carbons (Fsp3) is 0.727. The number of allylic oxidation sites excluding steroid dienone is 3. The largest absolute Gasteiger partial charge is 0.698 e. The van der Waals surface area contributed by atoms with Gasteiger partial charge in [0.05, 0.1) is 5.92 Å². The van der Waals surface area contributed by atoms with Crippen molar-refractivity contribution < 1.29 is 19.4 Å². The number of hydrogen-bond acceptors (Lipinski definition) is 4. The summed E-state index contributed by atoms with van der Waals surface area (Å²) in [5.41, 5.74) is 0.950. The molecule has 6 unspecified atom stereocenters. The van der Waals surface area contributed by atoms with Gasteiger partial charge in [-0.25, -0.2) is 5.92 Å². The number of carbonyl (C=O) groups excluding carboxylic acids is 1. The number of fused-ring (bicyclic) bond motifs is 10. The molecule has 0 spiro atoms. The minimum absolute atomic E-state index is 0.0660. The van der Waals surface area contributed by atoms with E-state index in [4.69, 9.17) is 9.47 Å². The van der Waals surface area contributed by atoms with Gasteiger partial charge in [0.2, 0.25) is 0 Å². The lowest BCUT2D eigenvalue weighted by molar-refractivity contribution is -0.360. The van der Waals surface area contributed by atoms with Crippen molar-refractivity contribution in [2.45, 2.75) is 45.1 Å². The second kappa shape index (κ2) is 5.24. The molecule has 26 heavy (non-hydrogen) atoms. The van der Waals surface area contributed by atoms with Crippen LogP contribution < -0.4 is 5.11 Å². The lowest BCUT2D eigenvalue weighted by Gasteiger charge is -2.46. The highest BCUT2D eigenvalue weighted by molar-refractivity contribution is 5.75. The maximum absolute atomic E-state index is 12.9. The molecule has 1 heterocycles. The molecule has 1 saturated heterocycles. The van der Waals surface area contributed by atoms with Crippen LogP contribution in [0.1, 0.15) is 39.0 Å². The summed E-state index contributed by atoms with van der Waals surface area (Å²) in [7, 11) is 0. The van der Waals surface area contributed by atoms with Gasteiger partial charge < -0.3 is 14.6 Å². The fourth-order valence-corrected chi connectivity index (χ4v) is 7.61. The Balaban J connectivity index is 1.21. The molecule has 140 valence electrons. The van der Waals surface area contributed by atoms with Crippen molar-refractivity contribution in [2.24, 2.45) is 47.3 Å². The third kappa shape index (κ3) is 1.86. The number of esters is 1. The quantitative estimate of drug-likeness (QED) is 0.257. The van der Waals surface area contributed by atoms with Gasteiger partial charge in [-0.15, -0.1) is 12.9 Å². The number of rotatable bonds is 3. The van der Waals surface area contributed by atoms with E-state index in [0.29, 0.717) is 23.7 Å². The third-order valence-corrected chi connectivity index (χ3v) is 8.58. The van der Waals surface area contributed by atoms with Crippen molar-refractivity contribution in [1.29, 1.82) is 0 Å². The maximum Gasteiger partial charge on any atom is 0.310 e. The van der Waals surface area contributed by atoms with Gasteiger partial charge in [0.25, 0.3) is 0 Å². The van der Waals surface area contributed by atoms with Crippen LogP contribution in [0, 0.1) is 53.3 Å². The molecule has 4 nitrogen and oxygen atoms in total. The summed E-state index contributed by atoms with van der Waals surface area (Å²) in [4.78, 5) is 12.1. The van der Waals surface area contributed by atoms with Gasteiger partial charge in [0, 0.05) is 5.92 Å². The Labute approximate surface area is 154 Å². The molecule has 5 fully saturated rings. The summed E-state index contributed by atoms with van der Waals surface area (Å²) >= 11 is 0. The molecule has 0 aromatic carbocycles. The lowest BCUT2D eigenvalue weighted by Crippen LogP contribution is -2.33. The Morgan fingerprint density at radius 2 is 2.08 bits per heavy atom. The number of carbonyl (C=O) groups is 1. The van der Waals surface area contributed by atoms with Crippen molar-refractivity contribution in [3.63, 3.8) is 0 Å². The molecule has 5 aliphatic carbocycles. The monoisotopic (exact) mass is 354 g/mol. The van der Waals surface area contributed by atoms with Gasteiger partial charge in [-0.1, -0.05) is 24.5 Å². The van der Waals surface area contributed by atoms with Crippen LogP contribution in [0.15, 0.2) is 23.7 Å². The van der Waals surface area contributed by atoms with Crippen molar-refractivity contribution in [2.75, 3.05) is 6.61 Å². The molecule has 0 N–H and O–H groups in total. The fourth-order valence-electron chi connectivity index (χ4n) is 7.61. The summed E-state index contributed by atoms with van der Waals surface area (Å²) in [6.45, 7) is 2.34. The molecule has 4 heteroatoms. The molecule has 4 bridgehead atoms. The predicted octanol–water partition coefficient (Wildman–Crippen LogP) is 2.60. The van der Waals surface area contributed by atoms with Crippen LogP contribution in [0.3, 0.4) is 0 Å². The van der Waals surface area contributed by atoms with Gasteiger partial charge in [-0.2, -0.15) is 5.57 Å². The topological polar surface area (TPSA) is 58.6 Å². The Bertz CT molecular complexity index is 709. The summed E-state index contributed by atoms with van der Waals surface area (Å²) in [5.74, 6) is 4.73. The first-order valence-electron chi connectivity index (χ1n) is 10.4. The summed E-state index contributed by atoms with van der Waals surface area (Å²) in [6, 6.07) is 0. The molecular weight excluding hydrogens is 328 g/mol. The molecule has 9 atom stereocenters. The van der Waals surface area contributed by atoms with Crippen molar-refractivity contribution in [1.82, 2.24) is 0 Å². The SMILES string of the molecule is C[C-]1C(=C([O-])OC[C@@H]2C(=O)O[C@@H]3CCC[C@H]23)C2CC1C1C3C=CC(C3)C21. The normalized spacial score (nSPS) is 51.8. The van der Waals surface area contributed by atoms with Gasteiger partial charge in [0.15, 0.2) is 0 Å². The van der Waals surface area contributed by atoms with E-state index in [1.807, 2.05) is 0 Å². The molecule has 0 radical (unpaired) electrons. The van der Waals surface area contributed by atoms with E-state index in [-0.39, 0.29) is 36.5 Å². The molecule has 0 aromatic heterocycles. The summed E-state index contributed by atoms with van der Waals surface area (Å²) in [6.07, 6.45) is 10.4. The zero-order valence-electron chi connectivity index (χ0n) is 15.2. The van der Waals surface area contributed by atoms with E-state index in [0.717, 1.165) is 43.1 Å². The first-order valence-corrected chi connectivity index (χ1v) is 10.4. The Kier molecular flexibility index (Phi) is 3.12. The molecule has 4 saturated carbocycles. The van der Waals surface area contributed by atoms with E-state index in [9.17, 15) is 9.90 Å². The van der Waals surface area contributed by atoms with Crippen LogP contribution in [0.4, 0.5) is 0 Å². The minimum Gasteiger partial charge on any atom is -0.698 e. The summed E-state index contributed by atoms with van der Waals surface area (Å²) in [5, 5.41) is 12.9. The van der Waals surface area contributed by atoms with E-state index in [2.05, 4.69) is 19.1 Å². The first-order chi connectivity index (χ1) is 12.6. The van der Waals surface area contributed by atoms with Crippen molar-refractivity contribution in [3.05, 3.63) is 29.6 Å². The molecule has 0 aromatic rings. The molecule has 1 aliphatic heterocycles. The van der Waals surface area contributed by atoms with Crippen molar-refractivity contribution >= 4 is 5.97 Å². The van der Waals surface area contributed by atoms with Crippen LogP contribution in [-0.4, -0.2) is 18.7 Å². The number of ether oxygens (including phenoxy) is 2. The van der Waals surface area contributed by atoms with E-state index < -0.39 is 0 Å². The van der Waals surface area contributed by atoms with Crippen LogP contribution in [0.25, 0.3) is 0 Å². The second-order valence-corrected chi connectivity index (χ2v) is 9.42. The Morgan fingerprint density at radius 1 is 1.27 bits per heavy atom. The highest BCUT2D eigenvalue weighted by Crippen LogP contribution is 2.69. The van der Waals surface area contributed by atoms with E-state index >= 15 is 0 Å². The second-order valence-electron chi connectivity index (χ2n) is 9.42. The van der Waals surface area contributed by atoms with Crippen LogP contribution in [0.5, 0.6) is 0 Å². The summed E-state index contributed by atoms with van der Waals surface area (Å²) < 4.78 is 11.2. The molecule has 0 amide bonds. The van der Waals surface area contributed by atoms with E-state index in [1.54, 1.807) is 0 Å². The zero-order valence-corrected chi connectivity index (χ0v) is 15.2. The van der Waals surface area contributed by atoms with Gasteiger partial charge >= 0.3 is 5.97 Å². The van der Waals surface area contributed by atoms with Crippen LogP contribution >= 0.6 is 0 Å². The van der Waals surface area contributed by atoms with Crippen LogP contribution in [-0.2, 0) is 14.3 Å². The van der Waals surface area contributed by atoms with Gasteiger partial charge in [0.1, 0.15) is 6.10 Å². The molecular formula is C22H26O4-2. The van der Waals surface area contributed by atoms with Gasteiger partial charge in [-0.05, 0) is 61.9 Å². The average molecular weight is 354 g/mol.